The maximum Gasteiger partial charge on any atom is 0.291 e. The van der Waals surface area contributed by atoms with Crippen LogP contribution in [-0.4, -0.2) is 39.7 Å². The van der Waals surface area contributed by atoms with Crippen LogP contribution in [0.15, 0.2) is 11.0 Å². The molecule has 1 saturated carbocycles. The minimum absolute atomic E-state index is 0.232. The summed E-state index contributed by atoms with van der Waals surface area (Å²) in [5.41, 5.74) is -0.898. The summed E-state index contributed by atoms with van der Waals surface area (Å²) in [6.07, 6.45) is 4.05. The van der Waals surface area contributed by atoms with Crippen LogP contribution in [0.3, 0.4) is 0 Å². The van der Waals surface area contributed by atoms with Crippen LogP contribution in [-0.2, 0) is 11.3 Å². The summed E-state index contributed by atoms with van der Waals surface area (Å²) in [4.78, 5) is 12.4. The summed E-state index contributed by atoms with van der Waals surface area (Å²) in [7, 11) is 0. The van der Waals surface area contributed by atoms with Crippen molar-refractivity contribution in [3.05, 3.63) is 21.6 Å². The van der Waals surface area contributed by atoms with E-state index in [1.165, 1.54) is 10.9 Å². The van der Waals surface area contributed by atoms with Crippen LogP contribution in [0.2, 0.25) is 5.02 Å². The van der Waals surface area contributed by atoms with E-state index in [0.29, 0.717) is 31.2 Å². The lowest BCUT2D eigenvalue weighted by molar-refractivity contribution is -0.0176. The van der Waals surface area contributed by atoms with Crippen molar-refractivity contribution in [1.29, 1.82) is 0 Å². The molecular formula is C14H20ClN3O3. The van der Waals surface area contributed by atoms with Crippen LogP contribution in [0.25, 0.3) is 0 Å². The highest BCUT2D eigenvalue weighted by Gasteiger charge is 2.39. The van der Waals surface area contributed by atoms with Gasteiger partial charge in [-0.15, -0.1) is 0 Å². The predicted molar refractivity (Wildman–Crippen MR) is 79.7 cm³/mol. The van der Waals surface area contributed by atoms with Gasteiger partial charge < -0.3 is 15.2 Å². The van der Waals surface area contributed by atoms with E-state index in [1.807, 2.05) is 6.92 Å². The molecule has 1 aliphatic heterocycles. The minimum Gasteiger partial charge on any atom is -0.385 e. The Hall–Kier alpha value is -1.11. The van der Waals surface area contributed by atoms with E-state index < -0.39 is 5.60 Å². The van der Waals surface area contributed by atoms with Gasteiger partial charge in [0.2, 0.25) is 0 Å². The van der Waals surface area contributed by atoms with Gasteiger partial charge >= 0.3 is 0 Å². The quantitative estimate of drug-likeness (QED) is 0.856. The summed E-state index contributed by atoms with van der Waals surface area (Å²) >= 11 is 6.07. The zero-order valence-corrected chi connectivity index (χ0v) is 12.8. The van der Waals surface area contributed by atoms with Crippen molar-refractivity contribution < 1.29 is 9.84 Å². The van der Waals surface area contributed by atoms with E-state index in [-0.39, 0.29) is 23.2 Å². The molecule has 1 aromatic rings. The molecule has 2 atom stereocenters. The molecule has 6 nitrogen and oxygen atoms in total. The van der Waals surface area contributed by atoms with Gasteiger partial charge in [0, 0.05) is 26.1 Å². The Morgan fingerprint density at radius 1 is 1.62 bits per heavy atom. The van der Waals surface area contributed by atoms with E-state index in [0.717, 1.165) is 12.8 Å². The van der Waals surface area contributed by atoms with Gasteiger partial charge in [-0.3, -0.25) is 4.79 Å². The van der Waals surface area contributed by atoms with Gasteiger partial charge in [0.25, 0.3) is 5.56 Å². The minimum atomic E-state index is -0.972. The summed E-state index contributed by atoms with van der Waals surface area (Å²) < 4.78 is 6.83. The van der Waals surface area contributed by atoms with Crippen molar-refractivity contribution in [1.82, 2.24) is 9.78 Å². The molecule has 0 bridgehead atoms. The SMILES string of the molecule is CC1OCCC1(O)CNc1c(Cl)cnn(CC2CC2)c1=O. The number of hydrogen-bond acceptors (Lipinski definition) is 5. The van der Waals surface area contributed by atoms with Gasteiger partial charge in [-0.25, -0.2) is 4.68 Å². The Labute approximate surface area is 128 Å². The predicted octanol–water partition coefficient (Wildman–Crippen LogP) is 1.26. The van der Waals surface area contributed by atoms with Gasteiger partial charge in [-0.2, -0.15) is 5.10 Å². The number of halogens is 1. The normalized spacial score (nSPS) is 28.8. The molecule has 2 fully saturated rings. The highest BCUT2D eigenvalue weighted by atomic mass is 35.5. The van der Waals surface area contributed by atoms with E-state index in [9.17, 15) is 9.90 Å². The van der Waals surface area contributed by atoms with Crippen molar-refractivity contribution in [2.75, 3.05) is 18.5 Å². The second kappa shape index (κ2) is 5.59. The molecule has 2 unspecified atom stereocenters. The molecule has 1 saturated heterocycles. The third-order valence-electron chi connectivity index (χ3n) is 4.36. The van der Waals surface area contributed by atoms with Crippen molar-refractivity contribution in [2.24, 2.45) is 5.92 Å². The number of nitrogens with one attached hydrogen (secondary N) is 1. The maximum absolute atomic E-state index is 12.4. The first-order valence-corrected chi connectivity index (χ1v) is 7.71. The van der Waals surface area contributed by atoms with Crippen molar-refractivity contribution >= 4 is 17.3 Å². The van der Waals surface area contributed by atoms with Crippen molar-refractivity contribution in [2.45, 2.75) is 44.4 Å². The molecule has 21 heavy (non-hydrogen) atoms. The van der Waals surface area contributed by atoms with Crippen LogP contribution in [0.4, 0.5) is 5.69 Å². The zero-order valence-electron chi connectivity index (χ0n) is 12.0. The Morgan fingerprint density at radius 3 is 3.00 bits per heavy atom. The fraction of sp³-hybridized carbons (Fsp3) is 0.714. The van der Waals surface area contributed by atoms with Crippen LogP contribution in [0.5, 0.6) is 0 Å². The first-order chi connectivity index (χ1) is 9.99. The molecule has 2 aliphatic rings. The first kappa shape index (κ1) is 14.8. The van der Waals surface area contributed by atoms with Crippen LogP contribution in [0, 0.1) is 5.92 Å². The number of rotatable bonds is 5. The van der Waals surface area contributed by atoms with E-state index in [1.54, 1.807) is 0 Å². The van der Waals surface area contributed by atoms with E-state index >= 15 is 0 Å². The van der Waals surface area contributed by atoms with Gasteiger partial charge in [0.15, 0.2) is 0 Å². The lowest BCUT2D eigenvalue weighted by atomic mass is 9.97. The molecule has 3 rings (SSSR count). The number of hydrogen-bond donors (Lipinski definition) is 2. The van der Waals surface area contributed by atoms with Crippen molar-refractivity contribution in [3.8, 4) is 0 Å². The molecule has 2 heterocycles. The average molecular weight is 314 g/mol. The third-order valence-corrected chi connectivity index (χ3v) is 4.64. The van der Waals surface area contributed by atoms with Crippen LogP contribution >= 0.6 is 11.6 Å². The largest absolute Gasteiger partial charge is 0.385 e. The number of anilines is 1. The highest BCUT2D eigenvalue weighted by Crippen LogP contribution is 2.30. The Morgan fingerprint density at radius 2 is 2.38 bits per heavy atom. The molecule has 1 aliphatic carbocycles. The summed E-state index contributed by atoms with van der Waals surface area (Å²) in [6, 6.07) is 0. The fourth-order valence-corrected chi connectivity index (χ4v) is 2.74. The molecule has 7 heteroatoms. The summed E-state index contributed by atoms with van der Waals surface area (Å²) in [6.45, 7) is 3.22. The standard InChI is InChI=1S/C14H20ClN3O3/c1-9-14(20,4-5-21-9)8-16-12-11(15)6-17-18(13(12)19)7-10-2-3-10/h6,9-10,16,20H,2-5,7-8H2,1H3. The van der Waals surface area contributed by atoms with E-state index in [2.05, 4.69) is 10.4 Å². The lowest BCUT2D eigenvalue weighted by Crippen LogP contribution is -2.44. The van der Waals surface area contributed by atoms with Gasteiger partial charge in [-0.1, -0.05) is 11.6 Å². The van der Waals surface area contributed by atoms with E-state index in [4.69, 9.17) is 16.3 Å². The molecule has 0 radical (unpaired) electrons. The monoisotopic (exact) mass is 313 g/mol. The summed E-state index contributed by atoms with van der Waals surface area (Å²) in [5.74, 6) is 0.552. The molecule has 0 spiro atoms. The maximum atomic E-state index is 12.4. The number of aliphatic hydroxyl groups is 1. The van der Waals surface area contributed by atoms with Crippen LogP contribution in [0.1, 0.15) is 26.2 Å². The number of nitrogens with zero attached hydrogens (tertiary/aromatic N) is 2. The topological polar surface area (TPSA) is 76.4 Å². The molecule has 0 amide bonds. The van der Waals surface area contributed by atoms with Crippen LogP contribution < -0.4 is 10.9 Å². The molecular weight excluding hydrogens is 294 g/mol. The number of ether oxygens (including phenoxy) is 1. The Bertz CT molecular complexity index is 587. The highest BCUT2D eigenvalue weighted by molar-refractivity contribution is 6.33. The Kier molecular flexibility index (Phi) is 3.94. The molecule has 2 N–H and O–H groups in total. The van der Waals surface area contributed by atoms with Gasteiger partial charge in [0.1, 0.15) is 11.3 Å². The van der Waals surface area contributed by atoms with Gasteiger partial charge in [0.05, 0.1) is 17.3 Å². The summed E-state index contributed by atoms with van der Waals surface area (Å²) in [5, 5.41) is 17.8. The molecule has 0 aromatic carbocycles. The third kappa shape index (κ3) is 3.07. The second-order valence-electron chi connectivity index (χ2n) is 6.02. The fourth-order valence-electron chi connectivity index (χ4n) is 2.55. The average Bonchev–Trinajstić information content (AvgIpc) is 3.20. The molecule has 1 aromatic heterocycles. The Balaban J connectivity index is 1.76. The smallest absolute Gasteiger partial charge is 0.291 e. The lowest BCUT2D eigenvalue weighted by Gasteiger charge is -2.26. The molecule has 116 valence electrons. The zero-order chi connectivity index (χ0) is 15.0. The van der Waals surface area contributed by atoms with Gasteiger partial charge in [-0.05, 0) is 25.7 Å². The first-order valence-electron chi connectivity index (χ1n) is 7.33. The number of aromatic nitrogens is 2. The van der Waals surface area contributed by atoms with Crippen molar-refractivity contribution in [3.63, 3.8) is 0 Å². The second-order valence-corrected chi connectivity index (χ2v) is 6.43.